The Kier molecular flexibility index (Phi) is 15.1. The molecule has 0 aliphatic carbocycles. The number of rotatable bonds is 13. The van der Waals surface area contributed by atoms with Gasteiger partial charge in [0, 0.05) is 69.0 Å². The van der Waals surface area contributed by atoms with Crippen LogP contribution < -0.4 is 11.1 Å². The minimum Gasteiger partial charge on any atom is -0.478 e. The molecular weight excluding hydrogens is 823 g/mol. The number of oxazole rings is 2. The van der Waals surface area contributed by atoms with Gasteiger partial charge in [-0.25, -0.2) is 23.5 Å². The first-order valence-corrected chi connectivity index (χ1v) is 19.0. The lowest BCUT2D eigenvalue weighted by molar-refractivity contribution is 0.0696. The predicted octanol–water partition coefficient (Wildman–Crippen LogP) is 7.83. The van der Waals surface area contributed by atoms with E-state index in [9.17, 15) is 18.4 Å². The Bertz CT molecular complexity index is 2730. The molecule has 8 aromatic rings. The number of carboxylic acid groups (broad SMARTS) is 1. The van der Waals surface area contributed by atoms with Crippen LogP contribution >= 0.6 is 0 Å². The summed E-state index contributed by atoms with van der Waals surface area (Å²) in [6.07, 6.45) is 2.15. The van der Waals surface area contributed by atoms with E-state index in [1.54, 1.807) is 81.6 Å². The third kappa shape index (κ3) is 12.0. The van der Waals surface area contributed by atoms with Crippen LogP contribution in [0.25, 0.3) is 45.7 Å². The second-order valence-electron chi connectivity index (χ2n) is 13.3. The number of aromatic carboxylic acids is 1. The largest absolute Gasteiger partial charge is 0.478 e. The maximum Gasteiger partial charge on any atom is 0.335 e. The summed E-state index contributed by atoms with van der Waals surface area (Å²) >= 11 is 0. The summed E-state index contributed by atoms with van der Waals surface area (Å²) in [7, 11) is 3.08. The van der Waals surface area contributed by atoms with Gasteiger partial charge in [-0.05, 0) is 72.8 Å². The summed E-state index contributed by atoms with van der Waals surface area (Å²) in [5.41, 5.74) is 9.98. The fourth-order valence-electron chi connectivity index (χ4n) is 5.68. The lowest BCUT2D eigenvalue weighted by atomic mass is 10.1. The van der Waals surface area contributed by atoms with Gasteiger partial charge in [0.2, 0.25) is 35.2 Å². The molecule has 1 amide bonds. The lowest BCUT2D eigenvalue weighted by Crippen LogP contribution is -2.29. The molecule has 0 saturated carbocycles. The van der Waals surface area contributed by atoms with Crippen LogP contribution in [0.3, 0.4) is 0 Å². The number of carbonyl (C=O) groups excluding carboxylic acids is 1. The average Bonchev–Trinajstić information content (AvgIpc) is 4.15. The number of aryl methyl sites for hydroxylation is 2. The third-order valence-electron chi connectivity index (χ3n) is 8.92. The first kappa shape index (κ1) is 44.8. The Labute approximate surface area is 357 Å². The molecule has 4 heterocycles. The van der Waals surface area contributed by atoms with Crippen LogP contribution in [0.2, 0.25) is 0 Å². The fraction of sp³-hybridized carbons (Fsp3) is 0.182. The van der Waals surface area contributed by atoms with E-state index in [2.05, 4.69) is 35.6 Å². The molecule has 0 spiro atoms. The standard InChI is InChI=1S/C22H19FN4O4.C12H13FN2O2.C10H8N2O3/c1-13-25-20(27-31-13)15-4-3-5-16(10-15)21(28)24-11-19(29-2)18-12-30-22(26-18)14-6-8-17(23)9-7-14;1-16-11(6-14)10-7-17-12(15-10)8-2-4-9(13)5-3-8;1-6-11-9(12-15-6)7-3-2-4-8(5-7)10(13)14/h3-10,12,19H,11H2,1-2H3,(H,24,28);2-5,7,11H,6,14H2,1H3;2-5H,1H3,(H,13,14). The monoisotopic (exact) mass is 862 g/mol. The number of ether oxygens (including phenoxy) is 2. The van der Waals surface area contributed by atoms with Gasteiger partial charge in [-0.1, -0.05) is 34.6 Å². The van der Waals surface area contributed by atoms with Crippen molar-refractivity contribution >= 4 is 11.9 Å². The molecule has 8 rings (SSSR count). The number of methoxy groups -OCH3 is 2. The Morgan fingerprint density at radius 1 is 0.667 bits per heavy atom. The second kappa shape index (κ2) is 21.2. The van der Waals surface area contributed by atoms with Gasteiger partial charge < -0.3 is 43.5 Å². The molecule has 0 aliphatic rings. The molecular formula is C44H40F2N8O9. The van der Waals surface area contributed by atoms with Gasteiger partial charge in [0.25, 0.3) is 5.91 Å². The number of amides is 1. The van der Waals surface area contributed by atoms with Crippen molar-refractivity contribution in [3.63, 3.8) is 0 Å². The van der Waals surface area contributed by atoms with Gasteiger partial charge in [-0.2, -0.15) is 9.97 Å². The second-order valence-corrected chi connectivity index (χ2v) is 13.3. The third-order valence-corrected chi connectivity index (χ3v) is 8.92. The number of nitrogens with one attached hydrogen (secondary N) is 1. The van der Waals surface area contributed by atoms with E-state index < -0.39 is 12.1 Å². The number of halogens is 2. The van der Waals surface area contributed by atoms with Gasteiger partial charge in [0.1, 0.15) is 47.8 Å². The predicted molar refractivity (Wildman–Crippen MR) is 221 cm³/mol. The van der Waals surface area contributed by atoms with Crippen LogP contribution in [0.15, 0.2) is 127 Å². The Balaban J connectivity index is 0.000000174. The highest BCUT2D eigenvalue weighted by Crippen LogP contribution is 2.25. The van der Waals surface area contributed by atoms with Crippen molar-refractivity contribution in [1.29, 1.82) is 0 Å². The normalized spacial score (nSPS) is 11.7. The summed E-state index contributed by atoms with van der Waals surface area (Å²) < 4.78 is 57.1. The molecule has 63 heavy (non-hydrogen) atoms. The SMILES string of the molecule is COC(CN)c1coc(-c2ccc(F)cc2)n1.COC(CNC(=O)c1cccc(-c2noc(C)n2)c1)c1coc(-c2ccc(F)cc2)n1.Cc1nc(-c2cccc(C(=O)O)c2)no1. The molecule has 4 aromatic carbocycles. The van der Waals surface area contributed by atoms with Crippen LogP contribution in [0, 0.1) is 25.5 Å². The molecule has 19 heteroatoms. The quantitative estimate of drug-likeness (QED) is 0.100. The van der Waals surface area contributed by atoms with Crippen LogP contribution in [-0.2, 0) is 9.47 Å². The number of hydrogen-bond donors (Lipinski definition) is 3. The Morgan fingerprint density at radius 3 is 1.56 bits per heavy atom. The molecule has 17 nitrogen and oxygen atoms in total. The number of aromatic nitrogens is 6. The number of carbonyl (C=O) groups is 2. The number of hydrogen-bond acceptors (Lipinski definition) is 15. The van der Waals surface area contributed by atoms with Crippen molar-refractivity contribution < 1.29 is 50.8 Å². The van der Waals surface area contributed by atoms with Crippen molar-refractivity contribution in [2.75, 3.05) is 27.3 Å². The first-order valence-electron chi connectivity index (χ1n) is 19.0. The molecule has 2 atom stereocenters. The van der Waals surface area contributed by atoms with Crippen LogP contribution in [0.5, 0.6) is 0 Å². The molecule has 0 aliphatic heterocycles. The maximum atomic E-state index is 13.1. The minimum atomic E-state index is -0.975. The van der Waals surface area contributed by atoms with Crippen molar-refractivity contribution in [3.8, 4) is 45.7 Å². The van der Waals surface area contributed by atoms with Gasteiger partial charge in [0.15, 0.2) is 0 Å². The van der Waals surface area contributed by atoms with E-state index >= 15 is 0 Å². The van der Waals surface area contributed by atoms with E-state index in [-0.39, 0.29) is 35.8 Å². The maximum absolute atomic E-state index is 13.1. The highest BCUT2D eigenvalue weighted by molar-refractivity contribution is 5.95. The molecule has 2 unspecified atom stereocenters. The van der Waals surface area contributed by atoms with Crippen molar-refractivity contribution in [2.45, 2.75) is 26.1 Å². The number of benzene rings is 4. The highest BCUT2D eigenvalue weighted by Gasteiger charge is 2.19. The van der Waals surface area contributed by atoms with Crippen LogP contribution in [0.4, 0.5) is 8.78 Å². The molecule has 0 saturated heterocycles. The van der Waals surface area contributed by atoms with Crippen molar-refractivity contribution in [3.05, 3.63) is 156 Å². The van der Waals surface area contributed by atoms with Gasteiger partial charge in [-0.3, -0.25) is 4.79 Å². The summed E-state index contributed by atoms with van der Waals surface area (Å²) in [5.74, 6) is 0.578. The van der Waals surface area contributed by atoms with E-state index in [0.717, 1.165) is 0 Å². The van der Waals surface area contributed by atoms with Gasteiger partial charge >= 0.3 is 5.97 Å². The zero-order valence-corrected chi connectivity index (χ0v) is 34.2. The number of carboxylic acids is 1. The number of nitrogens with two attached hydrogens (primary N) is 1. The van der Waals surface area contributed by atoms with Crippen LogP contribution in [0.1, 0.15) is 56.1 Å². The summed E-state index contributed by atoms with van der Waals surface area (Å²) in [6.45, 7) is 3.88. The molecule has 4 aromatic heterocycles. The smallest absolute Gasteiger partial charge is 0.335 e. The first-order chi connectivity index (χ1) is 30.4. The van der Waals surface area contributed by atoms with E-state index in [1.165, 1.54) is 56.0 Å². The minimum absolute atomic E-state index is 0.177. The van der Waals surface area contributed by atoms with E-state index in [1.807, 2.05) is 0 Å². The van der Waals surface area contributed by atoms with Crippen LogP contribution in [-0.4, -0.2) is 74.5 Å². The zero-order chi connectivity index (χ0) is 44.9. The van der Waals surface area contributed by atoms with Crippen molar-refractivity contribution in [1.82, 2.24) is 35.6 Å². The number of nitrogens with zero attached hydrogens (tertiary/aromatic N) is 6. The Hall–Kier alpha value is -7.74. The fourth-order valence-corrected chi connectivity index (χ4v) is 5.68. The summed E-state index contributed by atoms with van der Waals surface area (Å²) in [6, 6.07) is 25.1. The Morgan fingerprint density at radius 2 is 1.13 bits per heavy atom. The zero-order valence-electron chi connectivity index (χ0n) is 34.2. The molecule has 324 valence electrons. The molecule has 4 N–H and O–H groups in total. The van der Waals surface area contributed by atoms with E-state index in [0.29, 0.717) is 81.0 Å². The summed E-state index contributed by atoms with van der Waals surface area (Å²) in [5, 5.41) is 19.2. The van der Waals surface area contributed by atoms with Gasteiger partial charge in [0.05, 0.1) is 5.56 Å². The molecule has 0 fully saturated rings. The topological polar surface area (TPSA) is 241 Å². The average molecular weight is 863 g/mol. The van der Waals surface area contributed by atoms with Gasteiger partial charge in [-0.15, -0.1) is 0 Å². The highest BCUT2D eigenvalue weighted by atomic mass is 19.1. The summed E-state index contributed by atoms with van der Waals surface area (Å²) in [4.78, 5) is 40.2. The molecule has 0 radical (unpaired) electrons. The van der Waals surface area contributed by atoms with Crippen molar-refractivity contribution in [2.24, 2.45) is 5.73 Å². The van der Waals surface area contributed by atoms with E-state index in [4.69, 9.17) is 38.2 Å². The molecule has 0 bridgehead atoms. The lowest BCUT2D eigenvalue weighted by Gasteiger charge is -2.13.